The van der Waals surface area contributed by atoms with Crippen molar-refractivity contribution in [1.82, 2.24) is 20.0 Å². The molecule has 2 amide bonds. The minimum Gasteiger partial charge on any atom is -0.401 e. The van der Waals surface area contributed by atoms with Crippen molar-refractivity contribution in [3.63, 3.8) is 0 Å². The fourth-order valence-electron chi connectivity index (χ4n) is 2.87. The molecular weight excluding hydrogens is 372 g/mol. The average molecular weight is 387 g/mol. The lowest BCUT2D eigenvalue weighted by Gasteiger charge is -2.16. The molecule has 0 radical (unpaired) electrons. The lowest BCUT2D eigenvalue weighted by Crippen LogP contribution is -2.28. The number of rotatable bonds is 4. The van der Waals surface area contributed by atoms with E-state index in [1.54, 1.807) is 53.2 Å². The van der Waals surface area contributed by atoms with E-state index in [-0.39, 0.29) is 36.7 Å². The first kappa shape index (κ1) is 17.2. The summed E-state index contributed by atoms with van der Waals surface area (Å²) < 4.78 is 7.03. The van der Waals surface area contributed by atoms with Gasteiger partial charge in [-0.2, -0.15) is 5.10 Å². The third-order valence-corrected chi connectivity index (χ3v) is 4.47. The number of benzene rings is 1. The van der Waals surface area contributed by atoms with Crippen LogP contribution in [0.15, 0.2) is 40.9 Å². The van der Waals surface area contributed by atoms with E-state index in [1.807, 2.05) is 0 Å². The maximum absolute atomic E-state index is 12.5. The zero-order valence-electron chi connectivity index (χ0n) is 14.3. The van der Waals surface area contributed by atoms with Gasteiger partial charge in [-0.3, -0.25) is 19.6 Å². The number of nitrogens with zero attached hydrogens (tertiary/aromatic N) is 5. The maximum Gasteiger partial charge on any atom is 0.322 e. The molecule has 0 saturated carbocycles. The summed E-state index contributed by atoms with van der Waals surface area (Å²) in [4.78, 5) is 26.3. The second-order valence-corrected chi connectivity index (χ2v) is 6.59. The van der Waals surface area contributed by atoms with Gasteiger partial charge in [0.15, 0.2) is 0 Å². The Morgan fingerprint density at radius 1 is 1.26 bits per heavy atom. The highest BCUT2D eigenvalue weighted by molar-refractivity contribution is 6.30. The van der Waals surface area contributed by atoms with E-state index in [2.05, 4.69) is 20.6 Å². The van der Waals surface area contributed by atoms with Crippen molar-refractivity contribution >= 4 is 35.1 Å². The number of aromatic nitrogens is 4. The largest absolute Gasteiger partial charge is 0.401 e. The Morgan fingerprint density at radius 2 is 2.04 bits per heavy atom. The second-order valence-electron chi connectivity index (χ2n) is 6.16. The highest BCUT2D eigenvalue weighted by Gasteiger charge is 2.35. The molecule has 3 aromatic rings. The van der Waals surface area contributed by atoms with Crippen LogP contribution in [0.3, 0.4) is 0 Å². The summed E-state index contributed by atoms with van der Waals surface area (Å²) >= 11 is 5.88. The monoisotopic (exact) mass is 386 g/mol. The number of aryl methyl sites for hydroxylation is 1. The van der Waals surface area contributed by atoms with Crippen LogP contribution in [-0.2, 0) is 16.6 Å². The number of anilines is 2. The number of halogens is 1. The van der Waals surface area contributed by atoms with Gasteiger partial charge in [-0.25, -0.2) is 0 Å². The summed E-state index contributed by atoms with van der Waals surface area (Å²) in [7, 11) is 1.77. The van der Waals surface area contributed by atoms with Crippen molar-refractivity contribution in [2.45, 2.75) is 6.42 Å². The summed E-state index contributed by atoms with van der Waals surface area (Å²) in [5.74, 6) is -0.789. The molecule has 9 nitrogen and oxygen atoms in total. The van der Waals surface area contributed by atoms with Crippen LogP contribution >= 0.6 is 11.6 Å². The summed E-state index contributed by atoms with van der Waals surface area (Å²) in [6, 6.07) is 8.59. The topological polar surface area (TPSA) is 106 Å². The molecule has 1 saturated heterocycles. The Kier molecular flexibility index (Phi) is 4.36. The SMILES string of the molecule is Cn1ccc(-c2nnc(NC(=O)C3CC(=O)N(c4ccc(Cl)cc4)C3)o2)n1. The summed E-state index contributed by atoms with van der Waals surface area (Å²) in [5.41, 5.74) is 1.21. The van der Waals surface area contributed by atoms with Gasteiger partial charge >= 0.3 is 6.01 Å². The standard InChI is InChI=1S/C17H15ClN6O3/c1-23-7-6-13(22-23)16-20-21-17(27-16)19-15(26)10-8-14(25)24(9-10)12-4-2-11(18)3-5-12/h2-7,10H,8-9H2,1H3,(H,19,21,26). The first-order valence-corrected chi connectivity index (χ1v) is 8.58. The van der Waals surface area contributed by atoms with Crippen molar-refractivity contribution in [2.75, 3.05) is 16.8 Å². The summed E-state index contributed by atoms with van der Waals surface area (Å²) in [5, 5.41) is 15.0. The molecular formula is C17H15ClN6O3. The highest BCUT2D eigenvalue weighted by Crippen LogP contribution is 2.27. The number of nitrogens with one attached hydrogen (secondary N) is 1. The Labute approximate surface area is 158 Å². The van der Waals surface area contributed by atoms with Crippen LogP contribution in [0.4, 0.5) is 11.7 Å². The third-order valence-electron chi connectivity index (χ3n) is 4.22. The lowest BCUT2D eigenvalue weighted by atomic mass is 10.1. The molecule has 1 atom stereocenters. The van der Waals surface area contributed by atoms with Crippen LogP contribution in [0, 0.1) is 5.92 Å². The Balaban J connectivity index is 1.42. The molecule has 0 bridgehead atoms. The molecule has 1 aromatic carbocycles. The van der Waals surface area contributed by atoms with Gasteiger partial charge in [0.05, 0.1) is 5.92 Å². The van der Waals surface area contributed by atoms with Crippen LogP contribution < -0.4 is 10.2 Å². The summed E-state index contributed by atoms with van der Waals surface area (Å²) in [6.45, 7) is 0.271. The Morgan fingerprint density at radius 3 is 2.74 bits per heavy atom. The van der Waals surface area contributed by atoms with Gasteiger partial charge in [0, 0.05) is 36.9 Å². The van der Waals surface area contributed by atoms with Crippen molar-refractivity contribution in [3.8, 4) is 11.6 Å². The Hall–Kier alpha value is -3.20. The maximum atomic E-state index is 12.5. The van der Waals surface area contributed by atoms with Gasteiger partial charge in [0.2, 0.25) is 11.8 Å². The zero-order chi connectivity index (χ0) is 19.0. The minimum atomic E-state index is -0.515. The molecule has 0 spiro atoms. The lowest BCUT2D eigenvalue weighted by molar-refractivity contribution is -0.122. The van der Waals surface area contributed by atoms with Crippen molar-refractivity contribution in [1.29, 1.82) is 0 Å². The van der Waals surface area contributed by atoms with E-state index in [0.29, 0.717) is 16.4 Å². The van der Waals surface area contributed by atoms with E-state index in [1.165, 1.54) is 0 Å². The quantitative estimate of drug-likeness (QED) is 0.736. The smallest absolute Gasteiger partial charge is 0.322 e. The van der Waals surface area contributed by atoms with Crippen LogP contribution in [0.25, 0.3) is 11.6 Å². The van der Waals surface area contributed by atoms with Crippen molar-refractivity contribution in [2.24, 2.45) is 13.0 Å². The molecule has 138 valence electrons. The first-order valence-electron chi connectivity index (χ1n) is 8.20. The van der Waals surface area contributed by atoms with Crippen molar-refractivity contribution < 1.29 is 14.0 Å². The number of carbonyl (C=O) groups excluding carboxylic acids is 2. The van der Waals surface area contributed by atoms with Crippen LogP contribution in [0.1, 0.15) is 6.42 Å². The normalized spacial score (nSPS) is 16.7. The first-order chi connectivity index (χ1) is 13.0. The van der Waals surface area contributed by atoms with E-state index in [9.17, 15) is 9.59 Å². The molecule has 1 aliphatic heterocycles. The van der Waals surface area contributed by atoms with Crippen molar-refractivity contribution in [3.05, 3.63) is 41.6 Å². The van der Waals surface area contributed by atoms with Gasteiger partial charge < -0.3 is 9.32 Å². The predicted octanol–water partition coefficient (Wildman–Crippen LogP) is 2.12. The number of carbonyl (C=O) groups is 2. The van der Waals surface area contributed by atoms with Crippen LogP contribution in [0.5, 0.6) is 0 Å². The minimum absolute atomic E-state index is 0.0296. The molecule has 10 heteroatoms. The van der Waals surface area contributed by atoms with Gasteiger partial charge in [0.1, 0.15) is 5.69 Å². The fraction of sp³-hybridized carbons (Fsp3) is 0.235. The van der Waals surface area contributed by atoms with E-state index < -0.39 is 5.92 Å². The molecule has 1 aliphatic rings. The third kappa shape index (κ3) is 3.54. The molecule has 4 rings (SSSR count). The number of hydrogen-bond acceptors (Lipinski definition) is 6. The van der Waals surface area contributed by atoms with Gasteiger partial charge in [-0.05, 0) is 30.3 Å². The molecule has 2 aromatic heterocycles. The van der Waals surface area contributed by atoms with Crippen LogP contribution in [0.2, 0.25) is 5.02 Å². The number of amides is 2. The predicted molar refractivity (Wildman–Crippen MR) is 97.0 cm³/mol. The van der Waals surface area contributed by atoms with E-state index >= 15 is 0 Å². The highest BCUT2D eigenvalue weighted by atomic mass is 35.5. The Bertz CT molecular complexity index is 996. The van der Waals surface area contributed by atoms with Gasteiger partial charge in [0.25, 0.3) is 5.89 Å². The second kappa shape index (κ2) is 6.84. The molecule has 1 fully saturated rings. The molecule has 0 aliphatic carbocycles. The zero-order valence-corrected chi connectivity index (χ0v) is 15.1. The van der Waals surface area contributed by atoms with Gasteiger partial charge in [-0.1, -0.05) is 16.7 Å². The van der Waals surface area contributed by atoms with E-state index in [0.717, 1.165) is 0 Å². The molecule has 3 heterocycles. The summed E-state index contributed by atoms with van der Waals surface area (Å²) in [6.07, 6.45) is 1.85. The van der Waals surface area contributed by atoms with Crippen LogP contribution in [-0.4, -0.2) is 38.3 Å². The molecule has 1 unspecified atom stereocenters. The van der Waals surface area contributed by atoms with E-state index in [4.69, 9.17) is 16.0 Å². The fourth-order valence-corrected chi connectivity index (χ4v) is 2.99. The molecule has 27 heavy (non-hydrogen) atoms. The molecule has 1 N–H and O–H groups in total. The average Bonchev–Trinajstić information content (AvgIpc) is 3.36. The number of hydrogen-bond donors (Lipinski definition) is 1. The van der Waals surface area contributed by atoms with Gasteiger partial charge in [-0.15, -0.1) is 5.10 Å².